The fraction of sp³-hybridized carbons (Fsp3) is 0.933. The number of aliphatic hydroxyl groups is 1. The van der Waals surface area contributed by atoms with Crippen LogP contribution in [0.5, 0.6) is 0 Å². The number of hydrogen-bond donors (Lipinski definition) is 1. The Balaban J connectivity index is 2.43. The second-order valence-electron chi connectivity index (χ2n) is 7.61. The van der Waals surface area contributed by atoms with Gasteiger partial charge in [-0.15, -0.1) is 0 Å². The number of rotatable bonds is 0. The molecule has 0 aliphatic heterocycles. The maximum Gasteiger partial charge on any atom is 0.164 e. The van der Waals surface area contributed by atoms with E-state index in [0.717, 1.165) is 12.8 Å². The fourth-order valence-corrected chi connectivity index (χ4v) is 4.81. The first-order chi connectivity index (χ1) is 7.61. The van der Waals surface area contributed by atoms with Crippen LogP contribution in [0.15, 0.2) is 0 Å². The van der Waals surface area contributed by atoms with E-state index in [-0.39, 0.29) is 16.6 Å². The SMILES string of the molecule is CC1CC(=O)C(C)(O)[C@]12C[C@H](C)CC(C)(C)C2. The minimum Gasteiger partial charge on any atom is -0.382 e. The standard InChI is InChI=1S/C15H26O2/c1-10-7-13(3,4)9-15(8-10)11(2)6-12(16)14(15,5)17/h10-11,17H,6-9H2,1-5H3/t10-,11?,14?,15+/m1/s1. The highest BCUT2D eigenvalue weighted by atomic mass is 16.3. The zero-order valence-electron chi connectivity index (χ0n) is 11.8. The topological polar surface area (TPSA) is 37.3 Å². The van der Waals surface area contributed by atoms with Crippen molar-refractivity contribution < 1.29 is 9.90 Å². The Morgan fingerprint density at radius 3 is 2.18 bits per heavy atom. The van der Waals surface area contributed by atoms with Gasteiger partial charge >= 0.3 is 0 Å². The lowest BCUT2D eigenvalue weighted by molar-refractivity contribution is -0.152. The molecule has 2 nitrogen and oxygen atoms in total. The van der Waals surface area contributed by atoms with Crippen LogP contribution >= 0.6 is 0 Å². The van der Waals surface area contributed by atoms with Crippen LogP contribution in [0.4, 0.5) is 0 Å². The van der Waals surface area contributed by atoms with Gasteiger partial charge in [-0.3, -0.25) is 4.79 Å². The van der Waals surface area contributed by atoms with Crippen molar-refractivity contribution >= 4 is 5.78 Å². The molecule has 2 heteroatoms. The predicted molar refractivity (Wildman–Crippen MR) is 68.6 cm³/mol. The second kappa shape index (κ2) is 3.57. The van der Waals surface area contributed by atoms with E-state index in [4.69, 9.17) is 0 Å². The van der Waals surface area contributed by atoms with E-state index in [0.29, 0.717) is 18.3 Å². The summed E-state index contributed by atoms with van der Waals surface area (Å²) in [6, 6.07) is 0. The molecule has 0 aromatic heterocycles. The van der Waals surface area contributed by atoms with E-state index in [1.165, 1.54) is 6.42 Å². The van der Waals surface area contributed by atoms with Gasteiger partial charge in [0.25, 0.3) is 0 Å². The summed E-state index contributed by atoms with van der Waals surface area (Å²) in [5.74, 6) is 0.959. The second-order valence-corrected chi connectivity index (χ2v) is 7.61. The molecule has 1 N–H and O–H groups in total. The van der Waals surface area contributed by atoms with Gasteiger partial charge in [-0.25, -0.2) is 0 Å². The minimum atomic E-state index is -1.11. The van der Waals surface area contributed by atoms with Gasteiger partial charge in [0.2, 0.25) is 0 Å². The smallest absolute Gasteiger partial charge is 0.164 e. The van der Waals surface area contributed by atoms with Crippen LogP contribution in [-0.2, 0) is 4.79 Å². The molecule has 0 aromatic rings. The molecule has 2 unspecified atom stereocenters. The van der Waals surface area contributed by atoms with Gasteiger partial charge < -0.3 is 5.11 Å². The van der Waals surface area contributed by atoms with Crippen LogP contribution in [0.3, 0.4) is 0 Å². The number of Topliss-reactive ketones (excluding diaryl/α,β-unsaturated/α-hetero) is 1. The molecule has 0 amide bonds. The Kier molecular flexibility index (Phi) is 2.74. The summed E-state index contributed by atoms with van der Waals surface area (Å²) in [6.45, 7) is 10.7. The Morgan fingerprint density at radius 2 is 1.76 bits per heavy atom. The Hall–Kier alpha value is -0.370. The summed E-state index contributed by atoms with van der Waals surface area (Å²) < 4.78 is 0. The van der Waals surface area contributed by atoms with Crippen LogP contribution in [0.2, 0.25) is 0 Å². The molecule has 0 bridgehead atoms. The van der Waals surface area contributed by atoms with Crippen molar-refractivity contribution in [3.8, 4) is 0 Å². The summed E-state index contributed by atoms with van der Waals surface area (Å²) in [4.78, 5) is 12.0. The average molecular weight is 238 g/mol. The van der Waals surface area contributed by atoms with E-state index >= 15 is 0 Å². The molecule has 2 saturated carbocycles. The first-order valence-corrected chi connectivity index (χ1v) is 6.86. The average Bonchev–Trinajstić information content (AvgIpc) is 2.25. The van der Waals surface area contributed by atoms with Crippen LogP contribution in [0, 0.1) is 22.7 Å². The highest BCUT2D eigenvalue weighted by Gasteiger charge is 2.63. The molecule has 0 heterocycles. The van der Waals surface area contributed by atoms with Crippen molar-refractivity contribution in [2.24, 2.45) is 22.7 Å². The zero-order chi connectivity index (χ0) is 13.1. The van der Waals surface area contributed by atoms with Crippen molar-refractivity contribution in [3.63, 3.8) is 0 Å². The number of carbonyl (C=O) groups is 1. The molecular formula is C15H26O2. The molecule has 2 aliphatic rings. The lowest BCUT2D eigenvalue weighted by Gasteiger charge is -2.52. The van der Waals surface area contributed by atoms with Crippen LogP contribution < -0.4 is 0 Å². The summed E-state index contributed by atoms with van der Waals surface area (Å²) in [5.41, 5.74) is -1.07. The van der Waals surface area contributed by atoms with E-state index in [9.17, 15) is 9.90 Å². The molecule has 0 radical (unpaired) electrons. The summed E-state index contributed by atoms with van der Waals surface area (Å²) in [7, 11) is 0. The highest BCUT2D eigenvalue weighted by Crippen LogP contribution is 2.61. The normalized spacial score (nSPS) is 49.9. The largest absolute Gasteiger partial charge is 0.382 e. The number of carbonyl (C=O) groups excluding carboxylic acids is 1. The van der Waals surface area contributed by atoms with E-state index in [1.807, 2.05) is 0 Å². The molecule has 4 atom stereocenters. The maximum absolute atomic E-state index is 12.0. The quantitative estimate of drug-likeness (QED) is 0.703. The van der Waals surface area contributed by atoms with Crippen LogP contribution in [0.25, 0.3) is 0 Å². The predicted octanol–water partition coefficient (Wildman–Crippen LogP) is 3.18. The maximum atomic E-state index is 12.0. The van der Waals surface area contributed by atoms with Crippen molar-refractivity contribution in [2.45, 2.75) is 65.9 Å². The molecule has 2 rings (SSSR count). The lowest BCUT2D eigenvalue weighted by atomic mass is 9.53. The Labute approximate surface area is 105 Å². The van der Waals surface area contributed by atoms with Gasteiger partial charge in [-0.2, -0.15) is 0 Å². The highest BCUT2D eigenvalue weighted by molar-refractivity contribution is 5.90. The Morgan fingerprint density at radius 1 is 1.18 bits per heavy atom. The first kappa shape index (κ1) is 13.1. The molecular weight excluding hydrogens is 212 g/mol. The monoisotopic (exact) mass is 238 g/mol. The summed E-state index contributed by atoms with van der Waals surface area (Å²) in [6.07, 6.45) is 3.72. The van der Waals surface area contributed by atoms with Gasteiger partial charge in [0, 0.05) is 11.8 Å². The molecule has 2 aliphatic carbocycles. The lowest BCUT2D eigenvalue weighted by Crippen LogP contribution is -2.53. The number of ketones is 1. The van der Waals surface area contributed by atoms with Gasteiger partial charge in [-0.05, 0) is 43.4 Å². The van der Waals surface area contributed by atoms with Gasteiger partial charge in [0.1, 0.15) is 5.60 Å². The Bertz CT molecular complexity index is 343. The van der Waals surface area contributed by atoms with E-state index in [1.54, 1.807) is 6.92 Å². The van der Waals surface area contributed by atoms with Gasteiger partial charge in [-0.1, -0.05) is 27.7 Å². The van der Waals surface area contributed by atoms with Crippen molar-refractivity contribution in [1.82, 2.24) is 0 Å². The third kappa shape index (κ3) is 1.76. The summed E-state index contributed by atoms with van der Waals surface area (Å²) >= 11 is 0. The van der Waals surface area contributed by atoms with Crippen molar-refractivity contribution in [3.05, 3.63) is 0 Å². The van der Waals surface area contributed by atoms with Gasteiger partial charge in [0.05, 0.1) is 0 Å². The third-order valence-corrected chi connectivity index (χ3v) is 5.36. The van der Waals surface area contributed by atoms with Crippen molar-refractivity contribution in [1.29, 1.82) is 0 Å². The molecule has 0 aromatic carbocycles. The van der Waals surface area contributed by atoms with Gasteiger partial charge in [0.15, 0.2) is 5.78 Å². The molecule has 17 heavy (non-hydrogen) atoms. The molecule has 0 saturated heterocycles. The molecule has 98 valence electrons. The fourth-order valence-electron chi connectivity index (χ4n) is 4.81. The van der Waals surface area contributed by atoms with E-state index in [2.05, 4.69) is 27.7 Å². The first-order valence-electron chi connectivity index (χ1n) is 6.86. The minimum absolute atomic E-state index is 0.0508. The number of hydrogen-bond acceptors (Lipinski definition) is 2. The van der Waals surface area contributed by atoms with E-state index < -0.39 is 5.60 Å². The zero-order valence-corrected chi connectivity index (χ0v) is 11.8. The van der Waals surface area contributed by atoms with Crippen LogP contribution in [0.1, 0.15) is 60.3 Å². The van der Waals surface area contributed by atoms with Crippen molar-refractivity contribution in [2.75, 3.05) is 0 Å². The molecule has 1 spiro atoms. The molecule has 2 fully saturated rings. The van der Waals surface area contributed by atoms with Crippen LogP contribution in [-0.4, -0.2) is 16.5 Å². The summed E-state index contributed by atoms with van der Waals surface area (Å²) in [5, 5.41) is 10.7. The third-order valence-electron chi connectivity index (χ3n) is 5.36.